The number of benzene rings is 3. The van der Waals surface area contributed by atoms with Gasteiger partial charge in [-0.05, 0) is 120 Å². The maximum absolute atomic E-state index is 12.6. The van der Waals surface area contributed by atoms with Crippen LogP contribution in [-0.4, -0.2) is 16.9 Å². The van der Waals surface area contributed by atoms with E-state index in [0.717, 1.165) is 45.2 Å². The van der Waals surface area contributed by atoms with Crippen LogP contribution in [0.25, 0.3) is 21.9 Å². The van der Waals surface area contributed by atoms with Gasteiger partial charge < -0.3 is 5.11 Å². The molecule has 7 rings (SSSR count). The fraction of sp³-hybridized carbons (Fsp3) is 0.379. The Bertz CT molecular complexity index is 1230. The van der Waals surface area contributed by atoms with Crippen molar-refractivity contribution < 1.29 is 14.7 Å². The van der Waals surface area contributed by atoms with Gasteiger partial charge in [0.15, 0.2) is 5.78 Å². The summed E-state index contributed by atoms with van der Waals surface area (Å²) in [7, 11) is 0. The third-order valence-electron chi connectivity index (χ3n) is 8.43. The minimum atomic E-state index is -0.906. The van der Waals surface area contributed by atoms with Crippen molar-refractivity contribution in [2.24, 2.45) is 17.8 Å². The zero-order chi connectivity index (χ0) is 22.0. The van der Waals surface area contributed by atoms with Gasteiger partial charge >= 0.3 is 5.97 Å². The Kier molecular flexibility index (Phi) is 4.33. The smallest absolute Gasteiger partial charge is 0.335 e. The molecule has 1 N–H and O–H groups in total. The molecule has 32 heavy (non-hydrogen) atoms. The summed E-state index contributed by atoms with van der Waals surface area (Å²) in [5, 5.41) is 11.2. The van der Waals surface area contributed by atoms with E-state index < -0.39 is 5.97 Å². The number of hydrogen-bond acceptors (Lipinski definition) is 2. The van der Waals surface area contributed by atoms with Crippen molar-refractivity contribution in [2.45, 2.75) is 50.9 Å². The number of carbonyl (C=O) groups is 2. The van der Waals surface area contributed by atoms with Crippen LogP contribution in [0.3, 0.4) is 0 Å². The number of fused-ring (bicyclic) bond motifs is 1. The first-order chi connectivity index (χ1) is 15.4. The molecule has 4 bridgehead atoms. The number of rotatable bonds is 4. The second kappa shape index (κ2) is 7.03. The van der Waals surface area contributed by atoms with Crippen LogP contribution < -0.4 is 0 Å². The average molecular weight is 425 g/mol. The Labute approximate surface area is 188 Å². The Hall–Kier alpha value is -2.94. The number of aromatic carboxylic acids is 1. The average Bonchev–Trinajstić information content (AvgIpc) is 2.77. The molecule has 0 amide bonds. The summed E-state index contributed by atoms with van der Waals surface area (Å²) in [6.07, 6.45) is 7.86. The van der Waals surface area contributed by atoms with E-state index in [9.17, 15) is 14.7 Å². The molecular weight excluding hydrogens is 396 g/mol. The molecule has 0 radical (unpaired) electrons. The van der Waals surface area contributed by atoms with Crippen molar-refractivity contribution in [1.29, 1.82) is 0 Å². The summed E-state index contributed by atoms with van der Waals surface area (Å²) in [5.74, 6) is 1.74. The van der Waals surface area contributed by atoms with Crippen molar-refractivity contribution in [3.8, 4) is 11.1 Å². The number of ketones is 1. The molecule has 0 aromatic heterocycles. The number of carbonyl (C=O) groups excluding carboxylic acids is 1. The molecule has 0 atom stereocenters. The van der Waals surface area contributed by atoms with Crippen LogP contribution in [0.15, 0.2) is 54.6 Å². The molecule has 3 nitrogen and oxygen atoms in total. The molecule has 3 aromatic rings. The molecule has 4 aliphatic rings. The predicted octanol–water partition coefficient (Wildman–Crippen LogP) is 6.88. The van der Waals surface area contributed by atoms with Crippen LogP contribution in [0, 0.1) is 17.8 Å². The third-order valence-corrected chi connectivity index (χ3v) is 8.43. The lowest BCUT2D eigenvalue weighted by atomic mass is 9.47. The normalized spacial score (nSPS) is 28.2. The standard InChI is InChI=1S/C29H28O3/c1-17(30)26-7-6-24(22-2-3-23-12-25(28(31)32)5-4-21(23)11-22)13-27(26)29-14-18-8-19(15-29)10-20(9-18)16-29/h2-7,11-13,18-20H,8-10,14-16H2,1H3,(H,31,32). The summed E-state index contributed by atoms with van der Waals surface area (Å²) in [6, 6.07) is 17.9. The number of carboxylic acid groups (broad SMARTS) is 1. The van der Waals surface area contributed by atoms with Gasteiger partial charge in [-0.3, -0.25) is 4.79 Å². The van der Waals surface area contributed by atoms with Gasteiger partial charge in [0.1, 0.15) is 0 Å². The van der Waals surface area contributed by atoms with Crippen LogP contribution in [-0.2, 0) is 5.41 Å². The molecule has 4 aliphatic carbocycles. The van der Waals surface area contributed by atoms with Crippen molar-refractivity contribution in [1.82, 2.24) is 0 Å². The van der Waals surface area contributed by atoms with Gasteiger partial charge in [-0.15, -0.1) is 0 Å². The summed E-state index contributed by atoms with van der Waals surface area (Å²) in [5.41, 5.74) is 4.91. The largest absolute Gasteiger partial charge is 0.478 e. The first kappa shape index (κ1) is 19.7. The first-order valence-corrected chi connectivity index (χ1v) is 11.8. The van der Waals surface area contributed by atoms with Crippen LogP contribution in [0.2, 0.25) is 0 Å². The minimum Gasteiger partial charge on any atom is -0.478 e. The van der Waals surface area contributed by atoms with Crippen molar-refractivity contribution in [3.05, 3.63) is 71.3 Å². The Morgan fingerprint density at radius 2 is 1.34 bits per heavy atom. The summed E-state index contributed by atoms with van der Waals surface area (Å²) >= 11 is 0. The molecule has 0 heterocycles. The lowest BCUT2D eigenvalue weighted by molar-refractivity contribution is -0.00549. The van der Waals surface area contributed by atoms with Crippen LogP contribution in [0.4, 0.5) is 0 Å². The van der Waals surface area contributed by atoms with Crippen LogP contribution in [0.1, 0.15) is 71.7 Å². The molecule has 162 valence electrons. The zero-order valence-electron chi connectivity index (χ0n) is 18.4. The topological polar surface area (TPSA) is 54.4 Å². The van der Waals surface area contributed by atoms with Gasteiger partial charge in [-0.25, -0.2) is 4.79 Å². The molecule has 4 fully saturated rings. The number of hydrogen-bond donors (Lipinski definition) is 1. The SMILES string of the molecule is CC(=O)c1ccc(-c2ccc3cc(C(=O)O)ccc3c2)cc1C12CC3CC(CC(C3)C1)C2. The Balaban J connectivity index is 1.45. The van der Waals surface area contributed by atoms with E-state index in [4.69, 9.17) is 0 Å². The number of Topliss-reactive ketones (excluding diaryl/α,β-unsaturated/α-hetero) is 1. The van der Waals surface area contributed by atoms with Gasteiger partial charge in [-0.2, -0.15) is 0 Å². The lowest BCUT2D eigenvalue weighted by Crippen LogP contribution is -2.49. The third kappa shape index (κ3) is 3.09. The van der Waals surface area contributed by atoms with Crippen molar-refractivity contribution in [2.75, 3.05) is 0 Å². The van der Waals surface area contributed by atoms with Gasteiger partial charge in [-0.1, -0.05) is 30.3 Å². The Morgan fingerprint density at radius 3 is 1.97 bits per heavy atom. The fourth-order valence-electron chi connectivity index (χ4n) is 7.47. The minimum absolute atomic E-state index is 0.166. The van der Waals surface area contributed by atoms with Crippen LogP contribution in [0.5, 0.6) is 0 Å². The van der Waals surface area contributed by atoms with Gasteiger partial charge in [0, 0.05) is 5.56 Å². The van der Waals surface area contributed by atoms with E-state index in [-0.39, 0.29) is 11.2 Å². The molecule has 0 saturated heterocycles. The Morgan fingerprint density at radius 1 is 0.781 bits per heavy atom. The van der Waals surface area contributed by atoms with Crippen LogP contribution >= 0.6 is 0 Å². The highest BCUT2D eigenvalue weighted by atomic mass is 16.4. The number of carboxylic acids is 1. The highest BCUT2D eigenvalue weighted by molar-refractivity contribution is 5.98. The summed E-state index contributed by atoms with van der Waals surface area (Å²) in [4.78, 5) is 23.9. The molecular formula is C29H28O3. The first-order valence-electron chi connectivity index (χ1n) is 11.8. The summed E-state index contributed by atoms with van der Waals surface area (Å²) in [6.45, 7) is 1.70. The maximum atomic E-state index is 12.6. The van der Waals surface area contributed by atoms with E-state index in [1.54, 1.807) is 19.1 Å². The second-order valence-electron chi connectivity index (χ2n) is 10.6. The van der Waals surface area contributed by atoms with E-state index in [1.807, 2.05) is 18.2 Å². The van der Waals surface area contributed by atoms with Gasteiger partial charge in [0.2, 0.25) is 0 Å². The zero-order valence-corrected chi connectivity index (χ0v) is 18.4. The molecule has 4 saturated carbocycles. The second-order valence-corrected chi connectivity index (χ2v) is 10.6. The van der Waals surface area contributed by atoms with E-state index in [0.29, 0.717) is 5.56 Å². The lowest BCUT2D eigenvalue weighted by Gasteiger charge is -2.57. The predicted molar refractivity (Wildman–Crippen MR) is 126 cm³/mol. The maximum Gasteiger partial charge on any atom is 0.335 e. The molecule has 0 unspecified atom stereocenters. The van der Waals surface area contributed by atoms with E-state index in [1.165, 1.54) is 44.1 Å². The molecule has 3 aromatic carbocycles. The highest BCUT2D eigenvalue weighted by Crippen LogP contribution is 2.61. The van der Waals surface area contributed by atoms with E-state index in [2.05, 4.69) is 24.3 Å². The molecule has 3 heteroatoms. The summed E-state index contributed by atoms with van der Waals surface area (Å²) < 4.78 is 0. The quantitative estimate of drug-likeness (QED) is 0.465. The van der Waals surface area contributed by atoms with Crippen molar-refractivity contribution in [3.63, 3.8) is 0 Å². The molecule has 0 aliphatic heterocycles. The van der Waals surface area contributed by atoms with Crippen molar-refractivity contribution >= 4 is 22.5 Å². The van der Waals surface area contributed by atoms with E-state index >= 15 is 0 Å². The van der Waals surface area contributed by atoms with Gasteiger partial charge in [0.05, 0.1) is 5.56 Å². The highest BCUT2D eigenvalue weighted by Gasteiger charge is 2.52. The monoisotopic (exact) mass is 424 g/mol. The van der Waals surface area contributed by atoms with Gasteiger partial charge in [0.25, 0.3) is 0 Å². The molecule has 0 spiro atoms. The fourth-order valence-corrected chi connectivity index (χ4v) is 7.47.